The van der Waals surface area contributed by atoms with Crippen molar-refractivity contribution >= 4 is 21.6 Å². The van der Waals surface area contributed by atoms with Crippen LogP contribution in [0.2, 0.25) is 0 Å². The molecule has 0 spiro atoms. The van der Waals surface area contributed by atoms with Crippen LogP contribution >= 0.6 is 15.9 Å². The Morgan fingerprint density at radius 1 is 1.60 bits per heavy atom. The summed E-state index contributed by atoms with van der Waals surface area (Å²) in [5.74, 6) is 0.832. The van der Waals surface area contributed by atoms with E-state index >= 15 is 0 Å². The van der Waals surface area contributed by atoms with Gasteiger partial charge in [0.2, 0.25) is 0 Å². The first-order valence-corrected chi connectivity index (χ1v) is 5.51. The summed E-state index contributed by atoms with van der Waals surface area (Å²) < 4.78 is 6.31. The van der Waals surface area contributed by atoms with Crippen molar-refractivity contribution in [3.05, 3.63) is 27.5 Å². The zero-order valence-electron chi connectivity index (χ0n) is 9.12. The van der Waals surface area contributed by atoms with Crippen LogP contribution in [0, 0.1) is 0 Å². The molecule has 0 saturated carbocycles. The highest BCUT2D eigenvalue weighted by Crippen LogP contribution is 2.26. The van der Waals surface area contributed by atoms with Crippen molar-refractivity contribution in [3.8, 4) is 0 Å². The van der Waals surface area contributed by atoms with Crippen LogP contribution in [0.4, 0.5) is 0 Å². The Morgan fingerprint density at radius 2 is 2.27 bits per heavy atom. The van der Waals surface area contributed by atoms with Crippen LogP contribution < -0.4 is 0 Å². The van der Waals surface area contributed by atoms with Crippen molar-refractivity contribution in [1.29, 1.82) is 0 Å². The number of hydrogen-bond donors (Lipinski definition) is 0. The van der Waals surface area contributed by atoms with Gasteiger partial charge in [0.05, 0.1) is 12.3 Å². The monoisotopic (exact) mass is 271 g/mol. The normalized spacial score (nSPS) is 16.0. The Morgan fingerprint density at radius 3 is 2.73 bits per heavy atom. The Kier molecular flexibility index (Phi) is 4.12. The topological polar surface area (TPSA) is 48.9 Å². The first-order chi connectivity index (χ1) is 7.10. The molecule has 0 amide bonds. The maximum Gasteiger partial charge on any atom is 0.313 e. The van der Waals surface area contributed by atoms with Crippen LogP contribution in [-0.4, -0.2) is 36.1 Å². The quantitative estimate of drug-likeness (QED) is 0.584. The van der Waals surface area contributed by atoms with Crippen LogP contribution in [0.5, 0.6) is 0 Å². The van der Waals surface area contributed by atoms with Crippen molar-refractivity contribution in [2.75, 3.05) is 20.7 Å². The van der Waals surface area contributed by atoms with Crippen LogP contribution in [0.3, 0.4) is 0 Å². The SMILES string of the molecule is CCOC1=C(N(C)C)C=C(Br)C(=[N+]=[N-])C1. The Labute approximate surface area is 98.0 Å². The number of likely N-dealkylation sites (N-methyl/N-ethyl adjacent to an activating group) is 1. The molecule has 0 radical (unpaired) electrons. The summed E-state index contributed by atoms with van der Waals surface area (Å²) in [6.45, 7) is 2.54. The molecule has 0 unspecified atom stereocenters. The van der Waals surface area contributed by atoms with E-state index in [-0.39, 0.29) is 0 Å². The van der Waals surface area contributed by atoms with E-state index < -0.39 is 0 Å². The summed E-state index contributed by atoms with van der Waals surface area (Å²) in [7, 11) is 3.90. The van der Waals surface area contributed by atoms with Gasteiger partial charge in [-0.25, -0.2) is 0 Å². The van der Waals surface area contributed by atoms with Gasteiger partial charge in [-0.2, -0.15) is 4.79 Å². The van der Waals surface area contributed by atoms with Gasteiger partial charge < -0.3 is 15.2 Å². The van der Waals surface area contributed by atoms with Crippen LogP contribution in [0.15, 0.2) is 22.0 Å². The highest BCUT2D eigenvalue weighted by Gasteiger charge is 2.25. The third-order valence-corrected chi connectivity index (χ3v) is 2.76. The molecule has 0 saturated heterocycles. The van der Waals surface area contributed by atoms with Crippen molar-refractivity contribution < 1.29 is 9.53 Å². The van der Waals surface area contributed by atoms with Gasteiger partial charge in [-0.15, -0.1) is 0 Å². The molecule has 4 nitrogen and oxygen atoms in total. The van der Waals surface area contributed by atoms with Crippen LogP contribution in [0.25, 0.3) is 5.53 Å². The molecule has 15 heavy (non-hydrogen) atoms. The summed E-state index contributed by atoms with van der Waals surface area (Å²) in [4.78, 5) is 5.20. The molecule has 1 aliphatic carbocycles. The van der Waals surface area contributed by atoms with E-state index in [1.807, 2.05) is 32.0 Å². The maximum atomic E-state index is 8.80. The zero-order chi connectivity index (χ0) is 11.4. The largest absolute Gasteiger partial charge is 0.495 e. The van der Waals surface area contributed by atoms with E-state index in [0.29, 0.717) is 18.7 Å². The van der Waals surface area contributed by atoms with E-state index in [1.54, 1.807) is 0 Å². The lowest BCUT2D eigenvalue weighted by molar-refractivity contribution is -0.00729. The van der Waals surface area contributed by atoms with Gasteiger partial charge in [-0.1, -0.05) is 0 Å². The number of allylic oxidation sites excluding steroid dienone is 3. The molecule has 1 aliphatic rings. The maximum absolute atomic E-state index is 8.80. The van der Waals surface area contributed by atoms with E-state index in [1.165, 1.54) is 0 Å². The minimum absolute atomic E-state index is 0.509. The summed E-state index contributed by atoms with van der Waals surface area (Å²) >= 11 is 3.36. The lowest BCUT2D eigenvalue weighted by Crippen LogP contribution is -2.20. The molecule has 0 N–H and O–H groups in total. The molecule has 0 aromatic carbocycles. The molecule has 0 aliphatic heterocycles. The minimum atomic E-state index is 0.509. The molecule has 0 bridgehead atoms. The summed E-state index contributed by atoms with van der Waals surface area (Å²) in [6, 6.07) is 0. The third kappa shape index (κ3) is 2.70. The first-order valence-electron chi connectivity index (χ1n) is 4.71. The highest BCUT2D eigenvalue weighted by molar-refractivity contribution is 9.12. The molecule has 0 heterocycles. The lowest BCUT2D eigenvalue weighted by Gasteiger charge is -2.21. The zero-order valence-corrected chi connectivity index (χ0v) is 10.7. The highest BCUT2D eigenvalue weighted by atomic mass is 79.9. The van der Waals surface area contributed by atoms with Crippen molar-refractivity contribution in [1.82, 2.24) is 4.90 Å². The van der Waals surface area contributed by atoms with Gasteiger partial charge in [0.25, 0.3) is 0 Å². The predicted molar refractivity (Wildman–Crippen MR) is 62.6 cm³/mol. The van der Waals surface area contributed by atoms with Crippen molar-refractivity contribution in [2.45, 2.75) is 13.3 Å². The van der Waals surface area contributed by atoms with E-state index in [2.05, 4.69) is 20.7 Å². The van der Waals surface area contributed by atoms with E-state index in [0.717, 1.165) is 15.9 Å². The fourth-order valence-corrected chi connectivity index (χ4v) is 1.81. The van der Waals surface area contributed by atoms with E-state index in [9.17, 15) is 0 Å². The van der Waals surface area contributed by atoms with Gasteiger partial charge >= 0.3 is 5.71 Å². The summed E-state index contributed by atoms with van der Waals surface area (Å²) in [5, 5.41) is 0. The Balaban J connectivity index is 3.11. The fourth-order valence-electron chi connectivity index (χ4n) is 1.37. The molecule has 0 atom stereocenters. The second-order valence-corrected chi connectivity index (χ2v) is 4.21. The van der Waals surface area contributed by atoms with Crippen LogP contribution in [0.1, 0.15) is 13.3 Å². The third-order valence-electron chi connectivity index (χ3n) is 2.07. The predicted octanol–water partition coefficient (Wildman–Crippen LogP) is 2.15. The molecule has 1 rings (SSSR count). The average molecular weight is 272 g/mol. The number of nitrogens with zero attached hydrogens (tertiary/aromatic N) is 3. The van der Waals surface area contributed by atoms with Gasteiger partial charge in [-0.05, 0) is 28.9 Å². The standard InChI is InChI=1S/C10H14BrN3O/c1-4-15-10-6-8(13-12)7(11)5-9(10)14(2)3/h5H,4,6H2,1-3H3. The molecule has 0 fully saturated rings. The molecule has 82 valence electrons. The minimum Gasteiger partial charge on any atom is -0.495 e. The molecular formula is C10H14BrN3O. The Hall–Kier alpha value is -1.06. The summed E-state index contributed by atoms with van der Waals surface area (Å²) in [6.07, 6.45) is 2.40. The molecule has 0 aromatic rings. The first kappa shape index (κ1) is 12.0. The number of halogens is 1. The second-order valence-electron chi connectivity index (χ2n) is 3.35. The van der Waals surface area contributed by atoms with Crippen molar-refractivity contribution in [2.24, 2.45) is 0 Å². The van der Waals surface area contributed by atoms with Crippen LogP contribution in [-0.2, 0) is 4.74 Å². The number of rotatable bonds is 3. The molecule has 5 heteroatoms. The van der Waals surface area contributed by atoms with Gasteiger partial charge in [-0.3, -0.25) is 0 Å². The molecule has 0 aromatic heterocycles. The number of hydrogen-bond acceptors (Lipinski definition) is 2. The second kappa shape index (κ2) is 5.14. The van der Waals surface area contributed by atoms with Gasteiger partial charge in [0, 0.05) is 14.1 Å². The smallest absolute Gasteiger partial charge is 0.313 e. The average Bonchev–Trinajstić information content (AvgIpc) is 2.20. The lowest BCUT2D eigenvalue weighted by atomic mass is 10.1. The van der Waals surface area contributed by atoms with Crippen molar-refractivity contribution in [3.63, 3.8) is 0 Å². The molecular weight excluding hydrogens is 258 g/mol. The number of ether oxygens (including phenoxy) is 1. The fraction of sp³-hybridized carbons (Fsp3) is 0.500. The Bertz CT molecular complexity index is 365. The van der Waals surface area contributed by atoms with Gasteiger partial charge in [0.15, 0.2) is 0 Å². The van der Waals surface area contributed by atoms with E-state index in [4.69, 9.17) is 10.3 Å². The summed E-state index contributed by atoms with van der Waals surface area (Å²) in [5.41, 5.74) is 10.4. The van der Waals surface area contributed by atoms with Gasteiger partial charge in [0.1, 0.15) is 16.7 Å².